The van der Waals surface area contributed by atoms with Crippen molar-refractivity contribution in [2.75, 3.05) is 38.2 Å². The maximum absolute atomic E-state index is 12.0. The van der Waals surface area contributed by atoms with Crippen LogP contribution in [0.2, 0.25) is 0 Å². The van der Waals surface area contributed by atoms with Crippen LogP contribution in [0.5, 0.6) is 5.75 Å². The fourth-order valence-corrected chi connectivity index (χ4v) is 3.52. The largest absolute Gasteiger partial charge is 0.494 e. The number of benzene rings is 1. The first-order chi connectivity index (χ1) is 13.8. The number of halogens is 1. The molecule has 5 nitrogen and oxygen atoms in total. The molecule has 1 saturated heterocycles. The minimum Gasteiger partial charge on any atom is -0.494 e. The Kier molecular flexibility index (Phi) is 14.4. The summed E-state index contributed by atoms with van der Waals surface area (Å²) in [5.74, 6) is 0.789. The highest BCUT2D eigenvalue weighted by molar-refractivity contribution is 5.85. The summed E-state index contributed by atoms with van der Waals surface area (Å²) in [4.78, 5) is 14.3. The number of ether oxygens (including phenoxy) is 2. The van der Waals surface area contributed by atoms with Crippen LogP contribution in [0, 0.1) is 0 Å². The van der Waals surface area contributed by atoms with Crippen molar-refractivity contribution in [2.24, 2.45) is 0 Å². The van der Waals surface area contributed by atoms with Crippen LogP contribution in [0.1, 0.15) is 71.1 Å². The van der Waals surface area contributed by atoms with Gasteiger partial charge in [0.15, 0.2) is 0 Å². The lowest BCUT2D eigenvalue weighted by atomic mass is 10.1. The number of nitrogens with zero attached hydrogens (tertiary/aromatic N) is 1. The van der Waals surface area contributed by atoms with E-state index in [4.69, 9.17) is 9.47 Å². The topological polar surface area (TPSA) is 50.8 Å². The summed E-state index contributed by atoms with van der Waals surface area (Å²) < 4.78 is 11.1. The van der Waals surface area contributed by atoms with E-state index in [9.17, 15) is 4.79 Å². The fraction of sp³-hybridized carbons (Fsp3) is 0.696. The Hall–Kier alpha value is -1.46. The van der Waals surface area contributed by atoms with Gasteiger partial charge in [0.25, 0.3) is 0 Å². The van der Waals surface area contributed by atoms with Crippen molar-refractivity contribution < 1.29 is 14.3 Å². The number of nitrogens with one attached hydrogen (secondary N) is 1. The third kappa shape index (κ3) is 12.0. The fourth-order valence-electron chi connectivity index (χ4n) is 3.52. The molecule has 1 amide bonds. The van der Waals surface area contributed by atoms with Crippen LogP contribution < -0.4 is 10.1 Å². The van der Waals surface area contributed by atoms with Crippen LogP contribution in [-0.4, -0.2) is 43.8 Å². The first-order valence-corrected chi connectivity index (χ1v) is 11.2. The maximum atomic E-state index is 12.0. The standard InChI is InChI=1S/C23H38N2O3.ClH/c1-2-3-4-5-6-7-11-18-27-22-14-12-13-21(20-22)24-23(26)28-19-17-25-15-9-8-10-16-25;/h12-14,20H,2-11,15-19H2,1H3,(H,24,26);1H. The molecule has 29 heavy (non-hydrogen) atoms. The van der Waals surface area contributed by atoms with Crippen LogP contribution in [0.25, 0.3) is 0 Å². The molecule has 6 heteroatoms. The molecule has 0 unspecified atom stereocenters. The van der Waals surface area contributed by atoms with Crippen LogP contribution >= 0.6 is 12.4 Å². The lowest BCUT2D eigenvalue weighted by molar-refractivity contribution is 0.131. The third-order valence-corrected chi connectivity index (χ3v) is 5.19. The second kappa shape index (κ2) is 16.3. The summed E-state index contributed by atoms with van der Waals surface area (Å²) >= 11 is 0. The lowest BCUT2D eigenvalue weighted by Gasteiger charge is -2.25. The molecule has 1 aliphatic heterocycles. The molecular formula is C23H39ClN2O3. The molecule has 0 aliphatic carbocycles. The summed E-state index contributed by atoms with van der Waals surface area (Å²) in [6.07, 6.45) is 12.3. The second-order valence-corrected chi connectivity index (χ2v) is 7.66. The summed E-state index contributed by atoms with van der Waals surface area (Å²) in [6.45, 7) is 6.44. The van der Waals surface area contributed by atoms with E-state index in [-0.39, 0.29) is 12.4 Å². The van der Waals surface area contributed by atoms with Gasteiger partial charge in [-0.2, -0.15) is 0 Å². The van der Waals surface area contributed by atoms with Crippen LogP contribution in [0.4, 0.5) is 10.5 Å². The average molecular weight is 427 g/mol. The Balaban J connectivity index is 0.00000420. The van der Waals surface area contributed by atoms with Gasteiger partial charge in [0.1, 0.15) is 12.4 Å². The van der Waals surface area contributed by atoms with Gasteiger partial charge in [0.2, 0.25) is 0 Å². The quantitative estimate of drug-likeness (QED) is 0.377. The van der Waals surface area contributed by atoms with Gasteiger partial charge in [-0.05, 0) is 44.5 Å². The normalized spacial score (nSPS) is 14.1. The summed E-state index contributed by atoms with van der Waals surface area (Å²) in [5.41, 5.74) is 0.708. The Morgan fingerprint density at radius 1 is 1.00 bits per heavy atom. The van der Waals surface area contributed by atoms with Crippen LogP contribution in [0.15, 0.2) is 24.3 Å². The minimum atomic E-state index is -0.402. The SMILES string of the molecule is CCCCCCCCCOc1cccc(NC(=O)OCCN2CCCCC2)c1.Cl. The molecule has 2 rings (SSSR count). The molecule has 0 atom stereocenters. The highest BCUT2D eigenvalue weighted by atomic mass is 35.5. The molecule has 1 fully saturated rings. The number of amides is 1. The zero-order valence-corrected chi connectivity index (χ0v) is 18.8. The smallest absolute Gasteiger partial charge is 0.411 e. The molecule has 1 aliphatic rings. The summed E-state index contributed by atoms with van der Waals surface area (Å²) in [5, 5.41) is 2.79. The van der Waals surface area contributed by atoms with Crippen molar-refractivity contribution in [1.82, 2.24) is 4.90 Å². The third-order valence-electron chi connectivity index (χ3n) is 5.19. The second-order valence-electron chi connectivity index (χ2n) is 7.66. The molecular weight excluding hydrogens is 388 g/mol. The Morgan fingerprint density at radius 3 is 2.48 bits per heavy atom. The van der Waals surface area contributed by atoms with Crippen molar-refractivity contribution in [3.63, 3.8) is 0 Å². The van der Waals surface area contributed by atoms with Crippen molar-refractivity contribution in [3.05, 3.63) is 24.3 Å². The molecule has 1 N–H and O–H groups in total. The summed E-state index contributed by atoms with van der Waals surface area (Å²) in [7, 11) is 0. The van der Waals surface area contributed by atoms with E-state index in [0.717, 1.165) is 38.4 Å². The number of hydrogen-bond donors (Lipinski definition) is 1. The van der Waals surface area contributed by atoms with E-state index < -0.39 is 6.09 Å². The van der Waals surface area contributed by atoms with Gasteiger partial charge in [0.05, 0.1) is 6.61 Å². The Labute approximate surface area is 182 Å². The van der Waals surface area contributed by atoms with Gasteiger partial charge in [0, 0.05) is 18.3 Å². The number of unbranched alkanes of at least 4 members (excludes halogenated alkanes) is 6. The van der Waals surface area contributed by atoms with Gasteiger partial charge < -0.3 is 9.47 Å². The maximum Gasteiger partial charge on any atom is 0.411 e. The molecule has 0 saturated carbocycles. The highest BCUT2D eigenvalue weighted by Crippen LogP contribution is 2.18. The number of piperidine rings is 1. The van der Waals surface area contributed by atoms with E-state index in [1.165, 1.54) is 57.8 Å². The number of carbonyl (C=O) groups is 1. The minimum absolute atomic E-state index is 0. The number of rotatable bonds is 13. The molecule has 166 valence electrons. The van der Waals surface area contributed by atoms with Gasteiger partial charge in [-0.1, -0.05) is 57.9 Å². The number of hydrogen-bond acceptors (Lipinski definition) is 4. The Morgan fingerprint density at radius 2 is 1.72 bits per heavy atom. The molecule has 1 aromatic carbocycles. The van der Waals surface area contributed by atoms with Crippen molar-refractivity contribution >= 4 is 24.2 Å². The van der Waals surface area contributed by atoms with E-state index in [1.807, 2.05) is 24.3 Å². The van der Waals surface area contributed by atoms with Gasteiger partial charge >= 0.3 is 6.09 Å². The zero-order chi connectivity index (χ0) is 19.9. The van der Waals surface area contributed by atoms with E-state index in [2.05, 4.69) is 17.1 Å². The molecule has 0 bridgehead atoms. The van der Waals surface area contributed by atoms with Gasteiger partial charge in [-0.25, -0.2) is 4.79 Å². The lowest BCUT2D eigenvalue weighted by Crippen LogP contribution is -2.33. The molecule has 0 aromatic heterocycles. The Bertz CT molecular complexity index is 551. The molecule has 0 spiro atoms. The number of anilines is 1. The zero-order valence-electron chi connectivity index (χ0n) is 18.0. The van der Waals surface area contributed by atoms with Gasteiger partial charge in [-0.3, -0.25) is 10.2 Å². The van der Waals surface area contributed by atoms with E-state index >= 15 is 0 Å². The number of likely N-dealkylation sites (tertiary alicyclic amines) is 1. The first-order valence-electron chi connectivity index (χ1n) is 11.2. The average Bonchev–Trinajstić information content (AvgIpc) is 2.71. The van der Waals surface area contributed by atoms with E-state index in [1.54, 1.807) is 0 Å². The first kappa shape index (κ1) is 25.6. The van der Waals surface area contributed by atoms with Crippen molar-refractivity contribution in [1.29, 1.82) is 0 Å². The van der Waals surface area contributed by atoms with Gasteiger partial charge in [-0.15, -0.1) is 12.4 Å². The van der Waals surface area contributed by atoms with Crippen molar-refractivity contribution in [2.45, 2.75) is 71.1 Å². The van der Waals surface area contributed by atoms with Crippen molar-refractivity contribution in [3.8, 4) is 5.75 Å². The predicted octanol–water partition coefficient (Wildman–Crippen LogP) is 6.27. The van der Waals surface area contributed by atoms with Crippen LogP contribution in [-0.2, 0) is 4.74 Å². The number of carbonyl (C=O) groups excluding carboxylic acids is 1. The molecule has 1 aromatic rings. The van der Waals surface area contributed by atoms with E-state index in [0.29, 0.717) is 12.3 Å². The predicted molar refractivity (Wildman–Crippen MR) is 122 cm³/mol. The highest BCUT2D eigenvalue weighted by Gasteiger charge is 2.11. The summed E-state index contributed by atoms with van der Waals surface area (Å²) in [6, 6.07) is 7.52. The molecule has 0 radical (unpaired) electrons. The monoisotopic (exact) mass is 426 g/mol. The van der Waals surface area contributed by atoms with Crippen LogP contribution in [0.3, 0.4) is 0 Å². The molecule has 1 heterocycles.